The van der Waals surface area contributed by atoms with Crippen LogP contribution in [0.3, 0.4) is 0 Å². The molecule has 0 saturated heterocycles. The van der Waals surface area contributed by atoms with Crippen LogP contribution in [0.2, 0.25) is 0 Å². The number of benzene rings is 1. The summed E-state index contributed by atoms with van der Waals surface area (Å²) >= 11 is 0. The summed E-state index contributed by atoms with van der Waals surface area (Å²) in [5.41, 5.74) is -1.00. The van der Waals surface area contributed by atoms with Crippen LogP contribution in [0.5, 0.6) is 5.75 Å². The fraction of sp³-hybridized carbons (Fsp3) is 0.533. The molecule has 3 rings (SSSR count). The number of nitrogens with one attached hydrogen (secondary N) is 1. The zero-order chi connectivity index (χ0) is 15.0. The van der Waals surface area contributed by atoms with Crippen LogP contribution in [0, 0.1) is 11.6 Å². The third kappa shape index (κ3) is 3.00. The van der Waals surface area contributed by atoms with Crippen LogP contribution in [0.4, 0.5) is 8.78 Å². The van der Waals surface area contributed by atoms with Crippen molar-refractivity contribution < 1.29 is 23.4 Å². The second-order valence-electron chi connectivity index (χ2n) is 5.86. The Hall–Kier alpha value is -1.69. The van der Waals surface area contributed by atoms with Crippen LogP contribution in [0.15, 0.2) is 18.2 Å². The van der Waals surface area contributed by atoms with Crippen molar-refractivity contribution in [2.24, 2.45) is 0 Å². The van der Waals surface area contributed by atoms with Gasteiger partial charge in [-0.1, -0.05) is 0 Å². The molecule has 0 radical (unpaired) electrons. The maximum atomic E-state index is 13.6. The van der Waals surface area contributed by atoms with E-state index in [2.05, 4.69) is 5.32 Å². The molecule has 2 aliphatic rings. The molecular weight excluding hydrogens is 280 g/mol. The first-order valence-electron chi connectivity index (χ1n) is 7.11. The molecule has 2 aliphatic carbocycles. The predicted molar refractivity (Wildman–Crippen MR) is 71.1 cm³/mol. The molecule has 114 valence electrons. The lowest BCUT2D eigenvalue weighted by atomic mass is 9.97. The molecule has 0 amide bonds. The van der Waals surface area contributed by atoms with Crippen molar-refractivity contribution in [1.29, 1.82) is 0 Å². The van der Waals surface area contributed by atoms with Crippen molar-refractivity contribution in [3.05, 3.63) is 29.8 Å². The van der Waals surface area contributed by atoms with Crippen LogP contribution in [-0.2, 0) is 4.79 Å². The molecule has 2 N–H and O–H groups in total. The van der Waals surface area contributed by atoms with Gasteiger partial charge in [0, 0.05) is 18.5 Å². The van der Waals surface area contributed by atoms with Gasteiger partial charge in [0.05, 0.1) is 0 Å². The zero-order valence-corrected chi connectivity index (χ0v) is 11.4. The van der Waals surface area contributed by atoms with Gasteiger partial charge >= 0.3 is 5.97 Å². The average molecular weight is 297 g/mol. The fourth-order valence-corrected chi connectivity index (χ4v) is 2.85. The topological polar surface area (TPSA) is 58.6 Å². The van der Waals surface area contributed by atoms with Crippen molar-refractivity contribution >= 4 is 5.97 Å². The van der Waals surface area contributed by atoms with Crippen LogP contribution < -0.4 is 10.1 Å². The highest BCUT2D eigenvalue weighted by Crippen LogP contribution is 2.36. The molecule has 2 fully saturated rings. The molecule has 0 spiro atoms. The normalized spacial score (nSPS) is 28.6. The Morgan fingerprint density at radius 1 is 1.33 bits per heavy atom. The van der Waals surface area contributed by atoms with Crippen molar-refractivity contribution in [3.8, 4) is 5.75 Å². The van der Waals surface area contributed by atoms with Gasteiger partial charge in [0.2, 0.25) is 0 Å². The van der Waals surface area contributed by atoms with Crippen LogP contribution >= 0.6 is 0 Å². The summed E-state index contributed by atoms with van der Waals surface area (Å²) in [6.07, 6.45) is 2.73. The molecule has 0 bridgehead atoms. The Kier molecular flexibility index (Phi) is 3.57. The summed E-state index contributed by atoms with van der Waals surface area (Å²) < 4.78 is 32.2. The summed E-state index contributed by atoms with van der Waals surface area (Å²) in [6, 6.07) is 3.27. The second kappa shape index (κ2) is 5.26. The third-order valence-electron chi connectivity index (χ3n) is 4.12. The number of hydrogen-bond donors (Lipinski definition) is 2. The highest BCUT2D eigenvalue weighted by Gasteiger charge is 2.49. The minimum atomic E-state index is -1.00. The smallest absolute Gasteiger partial charge is 0.324 e. The molecule has 4 nitrogen and oxygen atoms in total. The van der Waals surface area contributed by atoms with E-state index < -0.39 is 29.2 Å². The largest absolute Gasteiger partial charge is 0.487 e. The minimum Gasteiger partial charge on any atom is -0.487 e. The van der Waals surface area contributed by atoms with Gasteiger partial charge in [-0.3, -0.25) is 10.1 Å². The van der Waals surface area contributed by atoms with Gasteiger partial charge in [0.25, 0.3) is 0 Å². The number of aliphatic carboxylic acids is 1. The Bertz CT molecular complexity index is 562. The standard InChI is InChI=1S/C15H17F2NO3/c16-9-1-4-12(17)13(7-9)21-11-5-6-15(8-11,14(19)20)18-10-2-3-10/h1,4,7,10-11,18H,2-3,5-6,8H2,(H,19,20). The second-order valence-corrected chi connectivity index (χ2v) is 5.86. The number of carbonyl (C=O) groups is 1. The first-order chi connectivity index (χ1) is 9.98. The number of rotatable bonds is 5. The number of halogens is 2. The molecular formula is C15H17F2NO3. The molecule has 2 atom stereocenters. The van der Waals surface area contributed by atoms with Crippen molar-refractivity contribution in [2.75, 3.05) is 0 Å². The van der Waals surface area contributed by atoms with E-state index in [-0.39, 0.29) is 18.2 Å². The molecule has 0 aromatic heterocycles. The maximum Gasteiger partial charge on any atom is 0.324 e. The highest BCUT2D eigenvalue weighted by molar-refractivity contribution is 5.79. The van der Waals surface area contributed by atoms with E-state index in [1.807, 2.05) is 0 Å². The lowest BCUT2D eigenvalue weighted by Gasteiger charge is -2.26. The Balaban J connectivity index is 1.70. The summed E-state index contributed by atoms with van der Waals surface area (Å²) in [6.45, 7) is 0. The molecule has 0 aliphatic heterocycles. The van der Waals surface area contributed by atoms with Crippen molar-refractivity contribution in [1.82, 2.24) is 5.32 Å². The number of carboxylic acids is 1. The Morgan fingerprint density at radius 3 is 2.76 bits per heavy atom. The number of hydrogen-bond acceptors (Lipinski definition) is 3. The van der Waals surface area contributed by atoms with Gasteiger partial charge in [0.15, 0.2) is 11.6 Å². The van der Waals surface area contributed by atoms with Gasteiger partial charge in [-0.25, -0.2) is 8.78 Å². The average Bonchev–Trinajstić information content (AvgIpc) is 3.14. The predicted octanol–water partition coefficient (Wildman–Crippen LogP) is 2.47. The summed E-state index contributed by atoms with van der Waals surface area (Å²) in [4.78, 5) is 11.6. The van der Waals surface area contributed by atoms with E-state index in [0.29, 0.717) is 12.8 Å². The summed E-state index contributed by atoms with van der Waals surface area (Å²) in [7, 11) is 0. The SMILES string of the molecule is O=C(O)C1(NC2CC2)CCC(Oc2cc(F)ccc2F)C1. The number of carboxylic acid groups (broad SMARTS) is 1. The first-order valence-corrected chi connectivity index (χ1v) is 7.11. The molecule has 1 aromatic rings. The monoisotopic (exact) mass is 297 g/mol. The third-order valence-corrected chi connectivity index (χ3v) is 4.12. The zero-order valence-electron chi connectivity index (χ0n) is 11.4. The van der Waals surface area contributed by atoms with Gasteiger partial charge < -0.3 is 9.84 Å². The Labute approximate surface area is 121 Å². The van der Waals surface area contributed by atoms with Gasteiger partial charge in [-0.2, -0.15) is 0 Å². The summed E-state index contributed by atoms with van der Waals surface area (Å²) in [5.74, 6) is -2.28. The van der Waals surface area contributed by atoms with E-state index in [0.717, 1.165) is 31.0 Å². The molecule has 2 saturated carbocycles. The van der Waals surface area contributed by atoms with E-state index in [4.69, 9.17) is 4.74 Å². The molecule has 6 heteroatoms. The summed E-state index contributed by atoms with van der Waals surface area (Å²) in [5, 5.41) is 12.6. The maximum absolute atomic E-state index is 13.6. The van der Waals surface area contributed by atoms with E-state index in [9.17, 15) is 18.7 Å². The fourth-order valence-electron chi connectivity index (χ4n) is 2.85. The highest BCUT2D eigenvalue weighted by atomic mass is 19.1. The van der Waals surface area contributed by atoms with Gasteiger partial charge in [-0.15, -0.1) is 0 Å². The Morgan fingerprint density at radius 2 is 2.10 bits per heavy atom. The van der Waals surface area contributed by atoms with Crippen LogP contribution in [0.1, 0.15) is 32.1 Å². The molecule has 1 aromatic carbocycles. The first kappa shape index (κ1) is 14.3. The number of ether oxygens (including phenoxy) is 1. The van der Waals surface area contributed by atoms with Crippen LogP contribution in [0.25, 0.3) is 0 Å². The van der Waals surface area contributed by atoms with E-state index in [1.165, 1.54) is 0 Å². The quantitative estimate of drug-likeness (QED) is 0.876. The lowest BCUT2D eigenvalue weighted by Crippen LogP contribution is -2.51. The van der Waals surface area contributed by atoms with Gasteiger partial charge in [-0.05, 0) is 37.8 Å². The van der Waals surface area contributed by atoms with E-state index >= 15 is 0 Å². The minimum absolute atomic E-state index is 0.160. The lowest BCUT2D eigenvalue weighted by molar-refractivity contribution is -0.145. The van der Waals surface area contributed by atoms with E-state index in [1.54, 1.807) is 0 Å². The van der Waals surface area contributed by atoms with Crippen molar-refractivity contribution in [2.45, 2.75) is 49.8 Å². The van der Waals surface area contributed by atoms with Crippen molar-refractivity contribution in [3.63, 3.8) is 0 Å². The molecule has 0 heterocycles. The molecule has 2 unspecified atom stereocenters. The van der Waals surface area contributed by atoms with Gasteiger partial charge in [0.1, 0.15) is 17.5 Å². The van der Waals surface area contributed by atoms with Crippen LogP contribution in [-0.4, -0.2) is 28.8 Å². The molecule has 21 heavy (non-hydrogen) atoms.